The maximum Gasteiger partial charge on any atom is 0.0386 e. The number of nitrogens with zero attached hydrogens (tertiary/aromatic N) is 1. The SMILES string of the molecule is CCCC1CCCN(CCNC(C)c2cccs2)CC1. The van der Waals surface area contributed by atoms with Crippen LogP contribution in [0, 0.1) is 5.92 Å². The van der Waals surface area contributed by atoms with Gasteiger partial charge in [-0.15, -0.1) is 11.3 Å². The molecule has 0 bridgehead atoms. The van der Waals surface area contributed by atoms with Gasteiger partial charge in [0.2, 0.25) is 0 Å². The zero-order chi connectivity index (χ0) is 14.2. The van der Waals surface area contributed by atoms with Gasteiger partial charge in [-0.1, -0.05) is 25.8 Å². The summed E-state index contributed by atoms with van der Waals surface area (Å²) in [6.45, 7) is 9.51. The minimum Gasteiger partial charge on any atom is -0.308 e. The van der Waals surface area contributed by atoms with Gasteiger partial charge in [0.1, 0.15) is 0 Å². The lowest BCUT2D eigenvalue weighted by atomic mass is 9.96. The number of rotatable bonds is 7. The molecule has 114 valence electrons. The lowest BCUT2D eigenvalue weighted by Crippen LogP contribution is -2.33. The highest BCUT2D eigenvalue weighted by molar-refractivity contribution is 7.10. The molecular weight excluding hydrogens is 264 g/mol. The average molecular weight is 295 g/mol. The summed E-state index contributed by atoms with van der Waals surface area (Å²) in [7, 11) is 0. The summed E-state index contributed by atoms with van der Waals surface area (Å²) >= 11 is 1.85. The molecule has 1 N–H and O–H groups in total. The Morgan fingerprint density at radius 3 is 3.05 bits per heavy atom. The monoisotopic (exact) mass is 294 g/mol. The number of hydrogen-bond donors (Lipinski definition) is 1. The van der Waals surface area contributed by atoms with Crippen molar-refractivity contribution in [3.8, 4) is 0 Å². The van der Waals surface area contributed by atoms with Crippen molar-refractivity contribution in [2.75, 3.05) is 26.2 Å². The fraction of sp³-hybridized carbons (Fsp3) is 0.765. The standard InChI is InChI=1S/C17H30N2S/c1-3-6-16-7-4-11-19(12-9-16)13-10-18-15(2)17-8-5-14-20-17/h5,8,14-16,18H,3-4,6-7,9-13H2,1-2H3. The van der Waals surface area contributed by atoms with E-state index in [0.717, 1.165) is 12.5 Å². The van der Waals surface area contributed by atoms with E-state index in [1.165, 1.54) is 56.6 Å². The van der Waals surface area contributed by atoms with Gasteiger partial charge in [-0.2, -0.15) is 0 Å². The second-order valence-electron chi connectivity index (χ2n) is 6.12. The summed E-state index contributed by atoms with van der Waals surface area (Å²) in [5, 5.41) is 5.82. The van der Waals surface area contributed by atoms with Gasteiger partial charge < -0.3 is 10.2 Å². The molecule has 0 amide bonds. The quantitative estimate of drug-likeness (QED) is 0.806. The third-order valence-electron chi connectivity index (χ3n) is 4.49. The van der Waals surface area contributed by atoms with Gasteiger partial charge in [0.05, 0.1) is 0 Å². The predicted octanol–water partition coefficient (Wildman–Crippen LogP) is 4.30. The van der Waals surface area contributed by atoms with Crippen LogP contribution in [0.4, 0.5) is 0 Å². The molecule has 1 saturated heterocycles. The summed E-state index contributed by atoms with van der Waals surface area (Å²) in [6.07, 6.45) is 7.04. The predicted molar refractivity (Wildman–Crippen MR) is 89.4 cm³/mol. The van der Waals surface area contributed by atoms with E-state index in [1.54, 1.807) is 0 Å². The van der Waals surface area contributed by atoms with Gasteiger partial charge in [0.15, 0.2) is 0 Å². The second kappa shape index (κ2) is 8.81. The molecular formula is C17H30N2S. The molecule has 0 radical (unpaired) electrons. The Bertz CT molecular complexity index is 350. The van der Waals surface area contributed by atoms with Crippen LogP contribution in [-0.2, 0) is 0 Å². The van der Waals surface area contributed by atoms with Crippen LogP contribution in [0.2, 0.25) is 0 Å². The number of likely N-dealkylation sites (tertiary alicyclic amines) is 1. The largest absolute Gasteiger partial charge is 0.308 e. The maximum atomic E-state index is 3.66. The first-order valence-electron chi connectivity index (χ1n) is 8.28. The van der Waals surface area contributed by atoms with Crippen LogP contribution in [-0.4, -0.2) is 31.1 Å². The van der Waals surface area contributed by atoms with E-state index in [-0.39, 0.29) is 0 Å². The van der Waals surface area contributed by atoms with Crippen molar-refractivity contribution in [2.24, 2.45) is 5.92 Å². The Labute approximate surface area is 128 Å². The summed E-state index contributed by atoms with van der Waals surface area (Å²) in [5.74, 6) is 0.989. The molecule has 1 aromatic heterocycles. The van der Waals surface area contributed by atoms with Crippen molar-refractivity contribution in [3.05, 3.63) is 22.4 Å². The van der Waals surface area contributed by atoms with Gasteiger partial charge in [0.25, 0.3) is 0 Å². The summed E-state index contributed by atoms with van der Waals surface area (Å²) < 4.78 is 0. The normalized spacial score (nSPS) is 22.6. The average Bonchev–Trinajstić information content (AvgIpc) is 2.89. The highest BCUT2D eigenvalue weighted by atomic mass is 32.1. The highest BCUT2D eigenvalue weighted by Gasteiger charge is 2.16. The first-order chi connectivity index (χ1) is 9.79. The minimum absolute atomic E-state index is 0.495. The van der Waals surface area contributed by atoms with Gasteiger partial charge in [-0.25, -0.2) is 0 Å². The molecule has 20 heavy (non-hydrogen) atoms. The van der Waals surface area contributed by atoms with Crippen molar-refractivity contribution < 1.29 is 0 Å². The van der Waals surface area contributed by atoms with E-state index in [4.69, 9.17) is 0 Å². The second-order valence-corrected chi connectivity index (χ2v) is 7.10. The lowest BCUT2D eigenvalue weighted by Gasteiger charge is -2.21. The van der Waals surface area contributed by atoms with E-state index < -0.39 is 0 Å². The Kier molecular flexibility index (Phi) is 7.05. The summed E-state index contributed by atoms with van der Waals surface area (Å²) in [4.78, 5) is 4.10. The first-order valence-corrected chi connectivity index (χ1v) is 9.16. The van der Waals surface area contributed by atoms with Crippen molar-refractivity contribution in [3.63, 3.8) is 0 Å². The van der Waals surface area contributed by atoms with Crippen LogP contribution in [0.3, 0.4) is 0 Å². The molecule has 0 spiro atoms. The molecule has 1 fully saturated rings. The Morgan fingerprint density at radius 1 is 1.40 bits per heavy atom. The molecule has 3 heteroatoms. The fourth-order valence-electron chi connectivity index (χ4n) is 3.22. The zero-order valence-electron chi connectivity index (χ0n) is 13.1. The molecule has 2 heterocycles. The van der Waals surface area contributed by atoms with Crippen LogP contribution in [0.25, 0.3) is 0 Å². The van der Waals surface area contributed by atoms with Crippen molar-refractivity contribution in [1.29, 1.82) is 0 Å². The van der Waals surface area contributed by atoms with Crippen molar-refractivity contribution in [2.45, 2.75) is 52.0 Å². The zero-order valence-corrected chi connectivity index (χ0v) is 13.9. The Balaban J connectivity index is 1.64. The van der Waals surface area contributed by atoms with E-state index in [9.17, 15) is 0 Å². The lowest BCUT2D eigenvalue weighted by molar-refractivity contribution is 0.275. The fourth-order valence-corrected chi connectivity index (χ4v) is 3.98. The highest BCUT2D eigenvalue weighted by Crippen LogP contribution is 2.22. The first kappa shape index (κ1) is 16.0. The van der Waals surface area contributed by atoms with Crippen molar-refractivity contribution in [1.82, 2.24) is 10.2 Å². The Hall–Kier alpha value is -0.380. The third-order valence-corrected chi connectivity index (χ3v) is 5.54. The van der Waals surface area contributed by atoms with Gasteiger partial charge in [-0.05, 0) is 56.6 Å². The summed E-state index contributed by atoms with van der Waals surface area (Å²) in [6, 6.07) is 4.86. The molecule has 2 nitrogen and oxygen atoms in total. The van der Waals surface area contributed by atoms with Crippen molar-refractivity contribution >= 4 is 11.3 Å². The molecule has 0 saturated carbocycles. The Morgan fingerprint density at radius 2 is 2.30 bits per heavy atom. The molecule has 1 aliphatic heterocycles. The van der Waals surface area contributed by atoms with Crippen LogP contribution < -0.4 is 5.32 Å². The van der Waals surface area contributed by atoms with Gasteiger partial charge >= 0.3 is 0 Å². The molecule has 2 unspecified atom stereocenters. The molecule has 0 aliphatic carbocycles. The van der Waals surface area contributed by atoms with Crippen LogP contribution in [0.15, 0.2) is 17.5 Å². The molecule has 2 atom stereocenters. The third kappa shape index (κ3) is 5.19. The van der Waals surface area contributed by atoms with Crippen LogP contribution in [0.1, 0.15) is 56.9 Å². The van der Waals surface area contributed by atoms with Crippen LogP contribution >= 0.6 is 11.3 Å². The maximum absolute atomic E-state index is 3.66. The summed E-state index contributed by atoms with van der Waals surface area (Å²) in [5.41, 5.74) is 0. The smallest absolute Gasteiger partial charge is 0.0386 e. The number of hydrogen-bond acceptors (Lipinski definition) is 3. The van der Waals surface area contributed by atoms with E-state index in [1.807, 2.05) is 11.3 Å². The minimum atomic E-state index is 0.495. The number of nitrogens with one attached hydrogen (secondary N) is 1. The molecule has 0 aromatic carbocycles. The van der Waals surface area contributed by atoms with E-state index >= 15 is 0 Å². The van der Waals surface area contributed by atoms with Gasteiger partial charge in [-0.3, -0.25) is 0 Å². The van der Waals surface area contributed by atoms with E-state index in [0.29, 0.717) is 6.04 Å². The van der Waals surface area contributed by atoms with Gasteiger partial charge in [0, 0.05) is 24.0 Å². The van der Waals surface area contributed by atoms with E-state index in [2.05, 4.69) is 41.6 Å². The molecule has 1 aromatic rings. The van der Waals surface area contributed by atoms with Crippen LogP contribution in [0.5, 0.6) is 0 Å². The molecule has 1 aliphatic rings. The topological polar surface area (TPSA) is 15.3 Å². The molecule has 2 rings (SSSR count). The number of thiophene rings is 1.